The minimum absolute atomic E-state index is 0.0841. The third kappa shape index (κ3) is 9.08. The molecule has 13 heavy (non-hydrogen) atoms. The molecular weight excluding hydrogens is 166 g/mol. The summed E-state index contributed by atoms with van der Waals surface area (Å²) in [5, 5.41) is 2.81. The average Bonchev–Trinajstić information content (AvgIpc) is 2.13. The fraction of sp³-hybridized carbons (Fsp3) is 0.700. The maximum Gasteiger partial charge on any atom is 0.223 e. The van der Waals surface area contributed by atoms with Crippen LogP contribution < -0.4 is 5.32 Å². The first kappa shape index (κ1) is 12.2. The van der Waals surface area contributed by atoms with Gasteiger partial charge in [0.1, 0.15) is 0 Å². The zero-order valence-corrected chi connectivity index (χ0v) is 8.51. The van der Waals surface area contributed by atoms with E-state index in [0.717, 1.165) is 12.8 Å². The van der Waals surface area contributed by atoms with E-state index in [2.05, 4.69) is 5.32 Å². The third-order valence-corrected chi connectivity index (χ3v) is 1.55. The zero-order chi connectivity index (χ0) is 9.94. The van der Waals surface area contributed by atoms with E-state index >= 15 is 0 Å². The van der Waals surface area contributed by atoms with Crippen LogP contribution in [0, 0.1) is 0 Å². The predicted octanol–water partition coefficient (Wildman–Crippen LogP) is 1.50. The minimum Gasteiger partial charge on any atom is -0.385 e. The maximum absolute atomic E-state index is 11.1. The Morgan fingerprint density at radius 3 is 2.85 bits per heavy atom. The summed E-state index contributed by atoms with van der Waals surface area (Å²) in [6.07, 6.45) is 6.23. The lowest BCUT2D eigenvalue weighted by Crippen LogP contribution is -2.24. The van der Waals surface area contributed by atoms with Crippen LogP contribution in [0.25, 0.3) is 0 Å². The van der Waals surface area contributed by atoms with E-state index in [1.807, 2.05) is 19.1 Å². The van der Waals surface area contributed by atoms with Gasteiger partial charge in [-0.2, -0.15) is 0 Å². The van der Waals surface area contributed by atoms with Crippen molar-refractivity contribution >= 4 is 5.91 Å². The molecule has 0 radical (unpaired) electrons. The molecule has 0 aromatic carbocycles. The monoisotopic (exact) mass is 185 g/mol. The van der Waals surface area contributed by atoms with Crippen LogP contribution in [0.5, 0.6) is 0 Å². The summed E-state index contributed by atoms with van der Waals surface area (Å²) < 4.78 is 4.86. The molecule has 3 heteroatoms. The number of methoxy groups -OCH3 is 1. The molecule has 1 N–H and O–H groups in total. The Balaban J connectivity index is 3.25. The van der Waals surface area contributed by atoms with E-state index in [0.29, 0.717) is 19.6 Å². The van der Waals surface area contributed by atoms with E-state index in [-0.39, 0.29) is 5.91 Å². The first-order valence-electron chi connectivity index (χ1n) is 4.72. The largest absolute Gasteiger partial charge is 0.385 e. The van der Waals surface area contributed by atoms with E-state index in [1.165, 1.54) is 0 Å². The van der Waals surface area contributed by atoms with Gasteiger partial charge in [0.15, 0.2) is 0 Å². The molecule has 0 spiro atoms. The number of hydrogen-bond acceptors (Lipinski definition) is 2. The number of amides is 1. The number of ether oxygens (including phenoxy) is 1. The minimum atomic E-state index is 0.0841. The number of allylic oxidation sites excluding steroid dienone is 1. The van der Waals surface area contributed by atoms with Crippen LogP contribution >= 0.6 is 0 Å². The Labute approximate surface area is 80.2 Å². The van der Waals surface area contributed by atoms with Crippen molar-refractivity contribution in [2.45, 2.75) is 26.2 Å². The Morgan fingerprint density at radius 1 is 1.46 bits per heavy atom. The molecule has 0 aliphatic carbocycles. The molecule has 0 bridgehead atoms. The molecule has 0 saturated heterocycles. The Morgan fingerprint density at radius 2 is 2.23 bits per heavy atom. The smallest absolute Gasteiger partial charge is 0.223 e. The highest BCUT2D eigenvalue weighted by Gasteiger charge is 1.95. The van der Waals surface area contributed by atoms with Gasteiger partial charge in [-0.05, 0) is 12.8 Å². The normalized spacial score (nSPS) is 10.6. The van der Waals surface area contributed by atoms with E-state index < -0.39 is 0 Å². The number of rotatable bonds is 7. The SMILES string of the molecule is CCC=CCC(=O)NCCCOC. The van der Waals surface area contributed by atoms with Gasteiger partial charge in [-0.3, -0.25) is 4.79 Å². The maximum atomic E-state index is 11.1. The van der Waals surface area contributed by atoms with Crippen LogP contribution in [0.4, 0.5) is 0 Å². The highest BCUT2D eigenvalue weighted by atomic mass is 16.5. The molecule has 0 rings (SSSR count). The number of carbonyl (C=O) groups excluding carboxylic acids is 1. The quantitative estimate of drug-likeness (QED) is 0.482. The fourth-order valence-corrected chi connectivity index (χ4v) is 0.874. The van der Waals surface area contributed by atoms with Crippen molar-refractivity contribution in [3.8, 4) is 0 Å². The summed E-state index contributed by atoms with van der Waals surface area (Å²) in [5.74, 6) is 0.0841. The lowest BCUT2D eigenvalue weighted by molar-refractivity contribution is -0.120. The molecule has 0 fully saturated rings. The van der Waals surface area contributed by atoms with Crippen LogP contribution in [0.1, 0.15) is 26.2 Å². The first-order chi connectivity index (χ1) is 6.31. The van der Waals surface area contributed by atoms with Crippen molar-refractivity contribution in [3.63, 3.8) is 0 Å². The molecule has 0 aromatic heterocycles. The molecule has 0 unspecified atom stereocenters. The molecule has 76 valence electrons. The Hall–Kier alpha value is -0.830. The third-order valence-electron chi connectivity index (χ3n) is 1.55. The average molecular weight is 185 g/mol. The van der Waals surface area contributed by atoms with Gasteiger partial charge in [0.05, 0.1) is 0 Å². The summed E-state index contributed by atoms with van der Waals surface area (Å²) >= 11 is 0. The fourth-order valence-electron chi connectivity index (χ4n) is 0.874. The first-order valence-corrected chi connectivity index (χ1v) is 4.72. The lowest BCUT2D eigenvalue weighted by atomic mass is 10.3. The molecule has 0 aliphatic rings. The van der Waals surface area contributed by atoms with Gasteiger partial charge in [0.25, 0.3) is 0 Å². The van der Waals surface area contributed by atoms with Crippen molar-refractivity contribution in [1.82, 2.24) is 5.32 Å². The molecule has 1 amide bonds. The Bertz CT molecular complexity index is 155. The second-order valence-electron chi connectivity index (χ2n) is 2.78. The van der Waals surface area contributed by atoms with Crippen LogP contribution in [-0.4, -0.2) is 26.2 Å². The molecule has 0 aromatic rings. The molecule has 3 nitrogen and oxygen atoms in total. The van der Waals surface area contributed by atoms with Gasteiger partial charge in [-0.25, -0.2) is 0 Å². The molecule has 0 atom stereocenters. The van der Waals surface area contributed by atoms with Crippen LogP contribution in [-0.2, 0) is 9.53 Å². The molecule has 0 aliphatic heterocycles. The molecular formula is C10H19NO2. The lowest BCUT2D eigenvalue weighted by Gasteiger charge is -2.01. The second-order valence-corrected chi connectivity index (χ2v) is 2.78. The predicted molar refractivity (Wildman–Crippen MR) is 53.6 cm³/mol. The highest BCUT2D eigenvalue weighted by molar-refractivity contribution is 5.77. The van der Waals surface area contributed by atoms with Gasteiger partial charge in [-0.1, -0.05) is 19.1 Å². The van der Waals surface area contributed by atoms with Crippen LogP contribution in [0.15, 0.2) is 12.2 Å². The van der Waals surface area contributed by atoms with Gasteiger partial charge in [0, 0.05) is 26.7 Å². The van der Waals surface area contributed by atoms with E-state index in [1.54, 1.807) is 7.11 Å². The van der Waals surface area contributed by atoms with Gasteiger partial charge < -0.3 is 10.1 Å². The van der Waals surface area contributed by atoms with Crippen molar-refractivity contribution in [2.24, 2.45) is 0 Å². The van der Waals surface area contributed by atoms with Crippen molar-refractivity contribution < 1.29 is 9.53 Å². The molecule has 0 saturated carbocycles. The molecule has 0 heterocycles. The van der Waals surface area contributed by atoms with Gasteiger partial charge in [-0.15, -0.1) is 0 Å². The topological polar surface area (TPSA) is 38.3 Å². The van der Waals surface area contributed by atoms with Gasteiger partial charge in [0.2, 0.25) is 5.91 Å². The van der Waals surface area contributed by atoms with Crippen LogP contribution in [0.3, 0.4) is 0 Å². The van der Waals surface area contributed by atoms with Crippen molar-refractivity contribution in [3.05, 3.63) is 12.2 Å². The summed E-state index contributed by atoms with van der Waals surface area (Å²) in [5.41, 5.74) is 0. The van der Waals surface area contributed by atoms with E-state index in [4.69, 9.17) is 4.74 Å². The number of nitrogens with one attached hydrogen (secondary N) is 1. The van der Waals surface area contributed by atoms with Crippen LogP contribution in [0.2, 0.25) is 0 Å². The standard InChI is InChI=1S/C10H19NO2/c1-3-4-5-7-10(12)11-8-6-9-13-2/h4-5H,3,6-9H2,1-2H3,(H,11,12). The summed E-state index contributed by atoms with van der Waals surface area (Å²) in [6, 6.07) is 0. The highest BCUT2D eigenvalue weighted by Crippen LogP contribution is 1.86. The zero-order valence-electron chi connectivity index (χ0n) is 8.51. The van der Waals surface area contributed by atoms with Crippen molar-refractivity contribution in [1.29, 1.82) is 0 Å². The number of hydrogen-bond donors (Lipinski definition) is 1. The van der Waals surface area contributed by atoms with E-state index in [9.17, 15) is 4.79 Å². The van der Waals surface area contributed by atoms with Gasteiger partial charge >= 0.3 is 0 Å². The second kappa shape index (κ2) is 9.26. The summed E-state index contributed by atoms with van der Waals surface area (Å²) in [4.78, 5) is 11.1. The Kier molecular flexibility index (Phi) is 8.67. The van der Waals surface area contributed by atoms with Crippen molar-refractivity contribution in [2.75, 3.05) is 20.3 Å². The summed E-state index contributed by atoms with van der Waals surface area (Å²) in [6.45, 7) is 3.45. The number of carbonyl (C=O) groups is 1. The summed E-state index contributed by atoms with van der Waals surface area (Å²) in [7, 11) is 1.66.